The third kappa shape index (κ3) is 4.76. The lowest BCUT2D eigenvalue weighted by molar-refractivity contribution is 0.123. The highest BCUT2D eigenvalue weighted by atomic mass is 35.5. The summed E-state index contributed by atoms with van der Waals surface area (Å²) in [6.07, 6.45) is 3.79. The van der Waals surface area contributed by atoms with Gasteiger partial charge in [0.2, 0.25) is 0 Å². The van der Waals surface area contributed by atoms with Gasteiger partial charge >= 0.3 is 0 Å². The lowest BCUT2D eigenvalue weighted by Gasteiger charge is -2.30. The molecule has 0 unspecified atom stereocenters. The first-order chi connectivity index (χ1) is 18.6. The van der Waals surface area contributed by atoms with E-state index in [0.717, 1.165) is 35.6 Å². The smallest absolute Gasteiger partial charge is 0.293 e. The van der Waals surface area contributed by atoms with E-state index in [2.05, 4.69) is 32.4 Å². The zero-order valence-corrected chi connectivity index (χ0v) is 21.7. The average Bonchev–Trinajstić information content (AvgIpc) is 3.42. The minimum Gasteiger partial charge on any atom is -0.378 e. The molecule has 0 atom stereocenters. The van der Waals surface area contributed by atoms with Crippen molar-refractivity contribution in [2.75, 3.05) is 36.5 Å². The largest absolute Gasteiger partial charge is 0.378 e. The van der Waals surface area contributed by atoms with Crippen LogP contribution in [0.15, 0.2) is 83.9 Å². The van der Waals surface area contributed by atoms with Gasteiger partial charge in [0.25, 0.3) is 5.56 Å². The standard InChI is InChI=1S/C29H27ClN6O2/c1-34-26-16-21(22-17-31-36(19-22)18-20-7-3-2-4-8-20)15-23(30)27(26)33-28(29(34)37)32-24-9-5-6-10-25(24)35-11-13-38-14-12-35/h2-10,15-17,19H,11-14,18H2,1H3,(H,32,33). The zero-order chi connectivity index (χ0) is 26.1. The van der Waals surface area contributed by atoms with E-state index in [1.165, 1.54) is 5.56 Å². The quantitative estimate of drug-likeness (QED) is 0.332. The molecule has 5 aromatic rings. The summed E-state index contributed by atoms with van der Waals surface area (Å²) in [4.78, 5) is 20.3. The molecule has 38 heavy (non-hydrogen) atoms. The molecule has 3 heterocycles. The van der Waals surface area contributed by atoms with E-state index in [9.17, 15) is 4.79 Å². The van der Waals surface area contributed by atoms with Crippen molar-refractivity contribution in [3.63, 3.8) is 0 Å². The summed E-state index contributed by atoms with van der Waals surface area (Å²) in [6, 6.07) is 21.9. The van der Waals surface area contributed by atoms with Gasteiger partial charge in [-0.1, -0.05) is 54.1 Å². The summed E-state index contributed by atoms with van der Waals surface area (Å²) >= 11 is 6.75. The van der Waals surface area contributed by atoms with Crippen LogP contribution in [-0.4, -0.2) is 45.6 Å². The Balaban J connectivity index is 1.33. The molecular weight excluding hydrogens is 500 g/mol. The van der Waals surface area contributed by atoms with E-state index >= 15 is 0 Å². The van der Waals surface area contributed by atoms with Crippen LogP contribution in [0.3, 0.4) is 0 Å². The fourth-order valence-corrected chi connectivity index (χ4v) is 5.04. The molecule has 1 fully saturated rings. The van der Waals surface area contributed by atoms with Crippen molar-refractivity contribution < 1.29 is 4.74 Å². The lowest BCUT2D eigenvalue weighted by Crippen LogP contribution is -2.36. The molecule has 192 valence electrons. The predicted octanol–water partition coefficient (Wildman–Crippen LogP) is 5.08. The summed E-state index contributed by atoms with van der Waals surface area (Å²) in [6.45, 7) is 3.60. The van der Waals surface area contributed by atoms with Crippen LogP contribution in [0.2, 0.25) is 5.02 Å². The maximum atomic E-state index is 13.4. The molecule has 0 radical (unpaired) electrons. The lowest BCUT2D eigenvalue weighted by atomic mass is 10.1. The van der Waals surface area contributed by atoms with Crippen LogP contribution in [0.4, 0.5) is 17.2 Å². The number of hydrogen-bond donors (Lipinski definition) is 1. The fourth-order valence-electron chi connectivity index (χ4n) is 4.78. The Morgan fingerprint density at radius 2 is 1.76 bits per heavy atom. The van der Waals surface area contributed by atoms with Gasteiger partial charge in [0, 0.05) is 31.9 Å². The third-order valence-electron chi connectivity index (χ3n) is 6.80. The van der Waals surface area contributed by atoms with Crippen LogP contribution in [0.25, 0.3) is 22.2 Å². The van der Waals surface area contributed by atoms with Crippen LogP contribution < -0.4 is 15.8 Å². The maximum Gasteiger partial charge on any atom is 0.293 e. The molecule has 0 amide bonds. The van der Waals surface area contributed by atoms with Gasteiger partial charge in [0.15, 0.2) is 5.82 Å². The second-order valence-electron chi connectivity index (χ2n) is 9.30. The van der Waals surface area contributed by atoms with Gasteiger partial charge < -0.3 is 19.5 Å². The fraction of sp³-hybridized carbons (Fsp3) is 0.207. The number of morpholine rings is 1. The number of hydrogen-bond acceptors (Lipinski definition) is 6. The number of nitrogens with one attached hydrogen (secondary N) is 1. The molecule has 1 N–H and O–H groups in total. The molecule has 1 aliphatic heterocycles. The number of ether oxygens (including phenoxy) is 1. The molecule has 0 spiro atoms. The van der Waals surface area contributed by atoms with Crippen molar-refractivity contribution in [1.82, 2.24) is 19.3 Å². The van der Waals surface area contributed by atoms with Crippen molar-refractivity contribution in [2.45, 2.75) is 6.54 Å². The number of halogens is 1. The second kappa shape index (κ2) is 10.3. The first-order valence-corrected chi connectivity index (χ1v) is 12.9. The van der Waals surface area contributed by atoms with Crippen molar-refractivity contribution in [3.8, 4) is 11.1 Å². The number of fused-ring (bicyclic) bond motifs is 1. The van der Waals surface area contributed by atoms with Crippen LogP contribution in [0, 0.1) is 0 Å². The third-order valence-corrected chi connectivity index (χ3v) is 7.09. The van der Waals surface area contributed by atoms with E-state index in [1.807, 2.05) is 71.7 Å². The molecule has 3 aromatic carbocycles. The number of nitrogens with zero attached hydrogens (tertiary/aromatic N) is 5. The Morgan fingerprint density at radius 3 is 2.58 bits per heavy atom. The normalized spacial score (nSPS) is 13.7. The molecule has 6 rings (SSSR count). The molecule has 1 saturated heterocycles. The summed E-state index contributed by atoms with van der Waals surface area (Å²) in [7, 11) is 1.74. The molecule has 8 nitrogen and oxygen atoms in total. The van der Waals surface area contributed by atoms with Gasteiger partial charge in [0.05, 0.1) is 47.9 Å². The highest BCUT2D eigenvalue weighted by molar-refractivity contribution is 6.35. The Labute approximate surface area is 225 Å². The van der Waals surface area contributed by atoms with E-state index in [0.29, 0.717) is 35.8 Å². The van der Waals surface area contributed by atoms with Crippen LogP contribution >= 0.6 is 11.6 Å². The number of rotatable bonds is 6. The predicted molar refractivity (Wildman–Crippen MR) is 152 cm³/mol. The molecule has 0 aliphatic carbocycles. The first kappa shape index (κ1) is 24.2. The number of aromatic nitrogens is 4. The van der Waals surface area contributed by atoms with Crippen molar-refractivity contribution >= 4 is 39.8 Å². The number of anilines is 3. The summed E-state index contributed by atoms with van der Waals surface area (Å²) in [5, 5.41) is 8.25. The Bertz CT molecular complexity index is 1660. The average molecular weight is 527 g/mol. The number of aryl methyl sites for hydroxylation is 1. The topological polar surface area (TPSA) is 77.2 Å². The van der Waals surface area contributed by atoms with E-state index in [1.54, 1.807) is 11.6 Å². The van der Waals surface area contributed by atoms with Gasteiger partial charge in [-0.15, -0.1) is 0 Å². The summed E-state index contributed by atoms with van der Waals surface area (Å²) < 4.78 is 8.97. The first-order valence-electron chi connectivity index (χ1n) is 12.5. The van der Waals surface area contributed by atoms with Gasteiger partial charge in [-0.05, 0) is 35.4 Å². The highest BCUT2D eigenvalue weighted by Crippen LogP contribution is 2.32. The molecule has 9 heteroatoms. The van der Waals surface area contributed by atoms with E-state index in [-0.39, 0.29) is 11.4 Å². The van der Waals surface area contributed by atoms with Crippen LogP contribution in [0.1, 0.15) is 5.56 Å². The summed E-state index contributed by atoms with van der Waals surface area (Å²) in [5.74, 6) is 0.228. The minimum absolute atomic E-state index is 0.228. The number of benzene rings is 3. The zero-order valence-electron chi connectivity index (χ0n) is 21.0. The van der Waals surface area contributed by atoms with Gasteiger partial charge in [-0.2, -0.15) is 5.10 Å². The molecule has 2 aromatic heterocycles. The van der Waals surface area contributed by atoms with Crippen LogP contribution in [-0.2, 0) is 18.3 Å². The summed E-state index contributed by atoms with van der Waals surface area (Å²) in [5.41, 5.74) is 5.75. The minimum atomic E-state index is -0.234. The van der Waals surface area contributed by atoms with Crippen molar-refractivity contribution in [2.24, 2.45) is 7.05 Å². The van der Waals surface area contributed by atoms with Gasteiger partial charge in [-0.25, -0.2) is 4.98 Å². The van der Waals surface area contributed by atoms with Crippen LogP contribution in [0.5, 0.6) is 0 Å². The molecular formula is C29H27ClN6O2. The van der Waals surface area contributed by atoms with E-state index in [4.69, 9.17) is 16.3 Å². The highest BCUT2D eigenvalue weighted by Gasteiger charge is 2.18. The second-order valence-corrected chi connectivity index (χ2v) is 9.71. The van der Waals surface area contributed by atoms with Crippen molar-refractivity contribution in [1.29, 1.82) is 0 Å². The Kier molecular flexibility index (Phi) is 6.57. The number of para-hydroxylation sites is 2. The maximum absolute atomic E-state index is 13.4. The molecule has 0 saturated carbocycles. The van der Waals surface area contributed by atoms with Gasteiger partial charge in [-0.3, -0.25) is 9.48 Å². The van der Waals surface area contributed by atoms with Gasteiger partial charge in [0.1, 0.15) is 5.52 Å². The molecule has 0 bridgehead atoms. The Hall–Kier alpha value is -4.14. The molecule has 1 aliphatic rings. The Morgan fingerprint density at radius 1 is 1.00 bits per heavy atom. The monoisotopic (exact) mass is 526 g/mol. The van der Waals surface area contributed by atoms with E-state index < -0.39 is 0 Å². The SMILES string of the molecule is Cn1c(=O)c(Nc2ccccc2N2CCOCC2)nc2c(Cl)cc(-c3cnn(Cc4ccccc4)c3)cc21. The van der Waals surface area contributed by atoms with Crippen molar-refractivity contribution in [3.05, 3.63) is 100 Å².